The first-order chi connectivity index (χ1) is 3.43. The molecule has 3 heteroatoms. The lowest BCUT2D eigenvalue weighted by atomic mass is 10.8. The maximum Gasteiger partial charge on any atom is 0.225 e. The van der Waals surface area contributed by atoms with Gasteiger partial charge in [0.05, 0.1) is 6.20 Å². The number of alkyl halides is 1. The fourth-order valence-corrected chi connectivity index (χ4v) is 0.319. The molecule has 0 spiro atoms. The second-order valence-corrected chi connectivity index (χ2v) is 1.06. The third kappa shape index (κ3) is 0.765. The third-order valence-electron chi connectivity index (χ3n) is 0.598. The zero-order valence-electron chi connectivity index (χ0n) is 3.60. The van der Waals surface area contributed by atoms with Crippen molar-refractivity contribution in [1.29, 1.82) is 0 Å². The highest BCUT2D eigenvalue weighted by Crippen LogP contribution is 1.93. The van der Waals surface area contributed by atoms with Gasteiger partial charge in [0.25, 0.3) is 0 Å². The molecule has 1 aromatic heterocycles. The summed E-state index contributed by atoms with van der Waals surface area (Å²) in [4.78, 5) is 3.49. The van der Waals surface area contributed by atoms with Gasteiger partial charge < -0.3 is 4.42 Å². The Morgan fingerprint density at radius 3 is 3.00 bits per heavy atom. The van der Waals surface area contributed by atoms with E-state index < -0.39 is 6.67 Å². The highest BCUT2D eigenvalue weighted by molar-refractivity contribution is 4.75. The number of hydrogen-bond acceptors (Lipinski definition) is 2. The molecule has 1 heterocycles. The summed E-state index contributed by atoms with van der Waals surface area (Å²) in [6, 6.07) is 0. The summed E-state index contributed by atoms with van der Waals surface area (Å²) < 4.78 is 15.9. The molecule has 0 aliphatic rings. The van der Waals surface area contributed by atoms with Gasteiger partial charge >= 0.3 is 0 Å². The van der Waals surface area contributed by atoms with Crippen LogP contribution in [-0.4, -0.2) is 4.98 Å². The molecule has 7 heavy (non-hydrogen) atoms. The monoisotopic (exact) mass is 101 g/mol. The maximum atomic E-state index is 11.4. The predicted octanol–water partition coefficient (Wildman–Crippen LogP) is 1.14. The number of aromatic nitrogens is 1. The number of halogens is 1. The van der Waals surface area contributed by atoms with Gasteiger partial charge in [-0.2, -0.15) is 0 Å². The van der Waals surface area contributed by atoms with E-state index in [4.69, 9.17) is 0 Å². The lowest BCUT2D eigenvalue weighted by molar-refractivity contribution is 0.380. The standard InChI is InChI=1S/C4H4FNO/c5-3-4-6-1-2-7-4/h1-2H,3H2. The first-order valence-corrected chi connectivity index (χ1v) is 1.88. The van der Waals surface area contributed by atoms with Crippen molar-refractivity contribution in [3.8, 4) is 0 Å². The van der Waals surface area contributed by atoms with Crippen molar-refractivity contribution in [1.82, 2.24) is 4.98 Å². The molecule has 1 aromatic rings. The van der Waals surface area contributed by atoms with E-state index in [0.29, 0.717) is 0 Å². The zero-order chi connectivity index (χ0) is 5.11. The van der Waals surface area contributed by atoms with Crippen molar-refractivity contribution in [3.05, 3.63) is 18.4 Å². The second-order valence-electron chi connectivity index (χ2n) is 1.06. The Bertz CT molecular complexity index is 126. The molecule has 0 N–H and O–H groups in total. The fourth-order valence-electron chi connectivity index (χ4n) is 0.319. The van der Waals surface area contributed by atoms with Crippen LogP contribution in [0.15, 0.2) is 16.9 Å². The van der Waals surface area contributed by atoms with E-state index in [0.717, 1.165) is 0 Å². The molecule has 0 unspecified atom stereocenters. The minimum absolute atomic E-state index is 0.139. The van der Waals surface area contributed by atoms with E-state index in [1.165, 1.54) is 12.5 Å². The second kappa shape index (κ2) is 1.73. The lowest BCUT2D eigenvalue weighted by Gasteiger charge is -1.74. The maximum absolute atomic E-state index is 11.4. The summed E-state index contributed by atoms with van der Waals surface area (Å²) in [7, 11) is 0. The largest absolute Gasteiger partial charge is 0.446 e. The Morgan fingerprint density at radius 1 is 1.86 bits per heavy atom. The molecule has 0 bridgehead atoms. The first-order valence-electron chi connectivity index (χ1n) is 1.88. The van der Waals surface area contributed by atoms with E-state index in [1.54, 1.807) is 0 Å². The topological polar surface area (TPSA) is 26.0 Å². The van der Waals surface area contributed by atoms with Gasteiger partial charge in [-0.3, -0.25) is 0 Å². The van der Waals surface area contributed by atoms with Crippen molar-refractivity contribution in [3.63, 3.8) is 0 Å². The quantitative estimate of drug-likeness (QED) is 0.530. The van der Waals surface area contributed by atoms with Crippen LogP contribution in [0.25, 0.3) is 0 Å². The molecular weight excluding hydrogens is 97.0 g/mol. The minimum atomic E-state index is -0.618. The van der Waals surface area contributed by atoms with Crippen molar-refractivity contribution >= 4 is 0 Å². The highest BCUT2D eigenvalue weighted by atomic mass is 19.1. The molecule has 1 rings (SSSR count). The average molecular weight is 101 g/mol. The van der Waals surface area contributed by atoms with Crippen LogP contribution in [0.1, 0.15) is 5.89 Å². The van der Waals surface area contributed by atoms with Crippen molar-refractivity contribution in [2.75, 3.05) is 0 Å². The summed E-state index contributed by atoms with van der Waals surface area (Å²) in [6.45, 7) is -0.618. The third-order valence-corrected chi connectivity index (χ3v) is 0.598. The smallest absolute Gasteiger partial charge is 0.225 e. The minimum Gasteiger partial charge on any atom is -0.446 e. The van der Waals surface area contributed by atoms with Crippen LogP contribution in [0.4, 0.5) is 4.39 Å². The van der Waals surface area contributed by atoms with Gasteiger partial charge in [0.1, 0.15) is 6.26 Å². The van der Waals surface area contributed by atoms with Crippen LogP contribution in [-0.2, 0) is 6.67 Å². The molecule has 0 aromatic carbocycles. The van der Waals surface area contributed by atoms with Crippen LogP contribution in [0.3, 0.4) is 0 Å². The van der Waals surface area contributed by atoms with Gasteiger partial charge in [-0.15, -0.1) is 0 Å². The summed E-state index contributed by atoms with van der Waals surface area (Å²) in [5.74, 6) is 0.139. The van der Waals surface area contributed by atoms with E-state index >= 15 is 0 Å². The molecule has 0 saturated heterocycles. The summed E-state index contributed by atoms with van der Waals surface area (Å²) >= 11 is 0. The Kier molecular flexibility index (Phi) is 1.06. The average Bonchev–Trinajstić information content (AvgIpc) is 2.14. The Hall–Kier alpha value is -0.860. The number of oxazole rings is 1. The molecule has 0 radical (unpaired) electrons. The van der Waals surface area contributed by atoms with Gasteiger partial charge in [0, 0.05) is 0 Å². The summed E-state index contributed by atoms with van der Waals surface area (Å²) in [5, 5.41) is 0. The Morgan fingerprint density at radius 2 is 2.71 bits per heavy atom. The van der Waals surface area contributed by atoms with E-state index in [2.05, 4.69) is 9.40 Å². The van der Waals surface area contributed by atoms with Gasteiger partial charge in [-0.05, 0) is 0 Å². The molecule has 0 atom stereocenters. The molecule has 0 saturated carbocycles. The molecule has 0 aliphatic heterocycles. The van der Waals surface area contributed by atoms with Crippen LogP contribution < -0.4 is 0 Å². The Balaban J connectivity index is 2.76. The summed E-state index contributed by atoms with van der Waals surface area (Å²) in [5.41, 5.74) is 0. The van der Waals surface area contributed by atoms with Gasteiger partial charge in [-0.25, -0.2) is 9.37 Å². The number of rotatable bonds is 1. The highest BCUT2D eigenvalue weighted by Gasteiger charge is 1.89. The van der Waals surface area contributed by atoms with Gasteiger partial charge in [0.15, 0.2) is 6.67 Å². The SMILES string of the molecule is FCc1ncco1. The molecular formula is C4H4FNO. The van der Waals surface area contributed by atoms with Gasteiger partial charge in [0.2, 0.25) is 5.89 Å². The normalized spacial score (nSPS) is 9.29. The lowest BCUT2D eigenvalue weighted by Crippen LogP contribution is -1.71. The van der Waals surface area contributed by atoms with Gasteiger partial charge in [-0.1, -0.05) is 0 Å². The number of nitrogens with zero attached hydrogens (tertiary/aromatic N) is 1. The molecule has 0 aliphatic carbocycles. The van der Waals surface area contributed by atoms with E-state index in [-0.39, 0.29) is 5.89 Å². The number of hydrogen-bond donors (Lipinski definition) is 0. The fraction of sp³-hybridized carbons (Fsp3) is 0.250. The van der Waals surface area contributed by atoms with Crippen LogP contribution in [0.2, 0.25) is 0 Å². The van der Waals surface area contributed by atoms with E-state index in [1.807, 2.05) is 0 Å². The van der Waals surface area contributed by atoms with Crippen LogP contribution >= 0.6 is 0 Å². The molecule has 0 amide bonds. The van der Waals surface area contributed by atoms with Crippen molar-refractivity contribution < 1.29 is 8.81 Å². The van der Waals surface area contributed by atoms with Crippen LogP contribution in [0.5, 0.6) is 0 Å². The predicted molar refractivity (Wildman–Crippen MR) is 21.3 cm³/mol. The first kappa shape index (κ1) is 4.30. The molecule has 38 valence electrons. The zero-order valence-corrected chi connectivity index (χ0v) is 3.60. The Labute approximate surface area is 40.0 Å². The van der Waals surface area contributed by atoms with E-state index in [9.17, 15) is 4.39 Å². The summed E-state index contributed by atoms with van der Waals surface area (Å²) in [6.07, 6.45) is 2.75. The van der Waals surface area contributed by atoms with Crippen molar-refractivity contribution in [2.24, 2.45) is 0 Å². The van der Waals surface area contributed by atoms with Crippen LogP contribution in [0, 0.1) is 0 Å². The van der Waals surface area contributed by atoms with Crippen molar-refractivity contribution in [2.45, 2.75) is 6.67 Å². The molecule has 2 nitrogen and oxygen atoms in total. The molecule has 0 fully saturated rings.